The minimum absolute atomic E-state index is 0.0698. The summed E-state index contributed by atoms with van der Waals surface area (Å²) in [6.07, 6.45) is -2.03. The van der Waals surface area contributed by atoms with Crippen molar-refractivity contribution in [1.29, 1.82) is 0 Å². The van der Waals surface area contributed by atoms with E-state index in [9.17, 15) is 27.9 Å². The van der Waals surface area contributed by atoms with E-state index in [0.29, 0.717) is 17.5 Å². The summed E-state index contributed by atoms with van der Waals surface area (Å²) in [5.41, 5.74) is -2.57. The highest BCUT2D eigenvalue weighted by Gasteiger charge is 2.56. The summed E-state index contributed by atoms with van der Waals surface area (Å²) in [6, 6.07) is 7.76. The summed E-state index contributed by atoms with van der Waals surface area (Å²) in [6.45, 7) is 0.0819. The summed E-state index contributed by atoms with van der Waals surface area (Å²) >= 11 is 0. The summed E-state index contributed by atoms with van der Waals surface area (Å²) in [4.78, 5) is 26.0. The fourth-order valence-corrected chi connectivity index (χ4v) is 4.51. The lowest BCUT2D eigenvalue weighted by Gasteiger charge is -2.23. The average Bonchev–Trinajstić information content (AvgIpc) is 3.33. The Labute approximate surface area is 158 Å². The number of aromatic nitrogens is 2. The third-order valence-electron chi connectivity index (χ3n) is 5.85. The SMILES string of the molecule is O=C(c1cnn(-c2ccccc2)c1C(F)(F)F)N1C[C@@H]2CCC[C@@]2(C(=O)O)C1. The van der Waals surface area contributed by atoms with Crippen LogP contribution >= 0.6 is 0 Å². The summed E-state index contributed by atoms with van der Waals surface area (Å²) in [5.74, 6) is -2.04. The van der Waals surface area contributed by atoms with Crippen LogP contribution in [0.4, 0.5) is 13.2 Å². The van der Waals surface area contributed by atoms with Crippen molar-refractivity contribution in [3.63, 3.8) is 0 Å². The van der Waals surface area contributed by atoms with Gasteiger partial charge in [-0.05, 0) is 30.9 Å². The summed E-state index contributed by atoms with van der Waals surface area (Å²) in [5, 5.41) is 13.4. The molecule has 6 nitrogen and oxygen atoms in total. The number of alkyl halides is 3. The van der Waals surface area contributed by atoms with E-state index in [2.05, 4.69) is 5.10 Å². The molecule has 2 fully saturated rings. The average molecular weight is 393 g/mol. The van der Waals surface area contributed by atoms with E-state index in [4.69, 9.17) is 0 Å². The van der Waals surface area contributed by atoms with E-state index >= 15 is 0 Å². The zero-order valence-electron chi connectivity index (χ0n) is 14.8. The molecule has 1 saturated heterocycles. The minimum Gasteiger partial charge on any atom is -0.481 e. The maximum Gasteiger partial charge on any atom is 0.434 e. The van der Waals surface area contributed by atoms with Crippen molar-refractivity contribution in [2.75, 3.05) is 13.1 Å². The van der Waals surface area contributed by atoms with Crippen LogP contribution in [0.3, 0.4) is 0 Å². The molecule has 2 atom stereocenters. The molecule has 1 N–H and O–H groups in total. The highest BCUT2D eigenvalue weighted by Crippen LogP contribution is 2.49. The van der Waals surface area contributed by atoms with Crippen molar-refractivity contribution < 1.29 is 27.9 Å². The van der Waals surface area contributed by atoms with Gasteiger partial charge in [0.25, 0.3) is 5.91 Å². The van der Waals surface area contributed by atoms with Crippen molar-refractivity contribution in [3.05, 3.63) is 47.8 Å². The lowest BCUT2D eigenvalue weighted by Crippen LogP contribution is -2.37. The largest absolute Gasteiger partial charge is 0.481 e. The number of carboxylic acid groups (broad SMARTS) is 1. The van der Waals surface area contributed by atoms with Gasteiger partial charge in [0.05, 0.1) is 22.9 Å². The molecule has 1 saturated carbocycles. The van der Waals surface area contributed by atoms with Crippen LogP contribution in [0.2, 0.25) is 0 Å². The van der Waals surface area contributed by atoms with Crippen LogP contribution in [-0.4, -0.2) is 44.8 Å². The first-order chi connectivity index (χ1) is 13.2. The molecule has 148 valence electrons. The number of aliphatic carboxylic acids is 1. The number of hydrogen-bond donors (Lipinski definition) is 1. The van der Waals surface area contributed by atoms with Crippen LogP contribution < -0.4 is 0 Å². The Bertz CT molecular complexity index is 925. The molecular weight excluding hydrogens is 375 g/mol. The molecule has 9 heteroatoms. The van der Waals surface area contributed by atoms with Gasteiger partial charge in [0.2, 0.25) is 0 Å². The molecule has 0 spiro atoms. The number of hydrogen-bond acceptors (Lipinski definition) is 3. The molecule has 0 unspecified atom stereocenters. The predicted octanol–water partition coefficient (Wildman–Crippen LogP) is 3.22. The van der Waals surface area contributed by atoms with Crippen LogP contribution in [0.25, 0.3) is 5.69 Å². The number of rotatable bonds is 3. The van der Waals surface area contributed by atoms with Gasteiger partial charge in [0.15, 0.2) is 5.69 Å². The van der Waals surface area contributed by atoms with E-state index in [1.165, 1.54) is 17.0 Å². The second-order valence-electron chi connectivity index (χ2n) is 7.39. The van der Waals surface area contributed by atoms with Gasteiger partial charge in [-0.1, -0.05) is 24.6 Å². The Hall–Kier alpha value is -2.84. The number of benzene rings is 1. The lowest BCUT2D eigenvalue weighted by molar-refractivity contribution is -0.149. The van der Waals surface area contributed by atoms with Gasteiger partial charge in [-0.15, -0.1) is 0 Å². The zero-order chi connectivity index (χ0) is 20.1. The molecule has 1 aliphatic carbocycles. The smallest absolute Gasteiger partial charge is 0.434 e. The number of amides is 1. The first-order valence-electron chi connectivity index (χ1n) is 8.97. The normalized spacial score (nSPS) is 24.4. The Morgan fingerprint density at radius 3 is 2.54 bits per heavy atom. The van der Waals surface area contributed by atoms with E-state index in [-0.39, 0.29) is 24.7 Å². The van der Waals surface area contributed by atoms with Crippen molar-refractivity contribution in [2.45, 2.75) is 25.4 Å². The molecule has 1 amide bonds. The number of fused-ring (bicyclic) bond motifs is 1. The highest BCUT2D eigenvalue weighted by atomic mass is 19.4. The predicted molar refractivity (Wildman–Crippen MR) is 91.9 cm³/mol. The molecule has 0 bridgehead atoms. The zero-order valence-corrected chi connectivity index (χ0v) is 14.8. The quantitative estimate of drug-likeness (QED) is 0.869. The fraction of sp³-hybridized carbons (Fsp3) is 0.421. The van der Waals surface area contributed by atoms with Crippen LogP contribution in [0.15, 0.2) is 36.5 Å². The minimum atomic E-state index is -4.79. The second kappa shape index (κ2) is 6.35. The number of halogens is 3. The third-order valence-corrected chi connectivity index (χ3v) is 5.85. The monoisotopic (exact) mass is 393 g/mol. The second-order valence-corrected chi connectivity index (χ2v) is 7.39. The van der Waals surface area contributed by atoms with Crippen molar-refractivity contribution in [3.8, 4) is 5.69 Å². The number of para-hydroxylation sites is 1. The highest BCUT2D eigenvalue weighted by molar-refractivity contribution is 5.96. The Morgan fingerprint density at radius 2 is 1.93 bits per heavy atom. The third kappa shape index (κ3) is 2.76. The van der Waals surface area contributed by atoms with Gasteiger partial charge in [-0.25, -0.2) is 4.68 Å². The van der Waals surface area contributed by atoms with Crippen LogP contribution in [-0.2, 0) is 11.0 Å². The van der Waals surface area contributed by atoms with Crippen LogP contribution in [0, 0.1) is 11.3 Å². The molecule has 2 heterocycles. The molecule has 0 radical (unpaired) electrons. The van der Waals surface area contributed by atoms with E-state index in [1.807, 2.05) is 0 Å². The van der Waals surface area contributed by atoms with Crippen LogP contribution in [0.5, 0.6) is 0 Å². The van der Waals surface area contributed by atoms with Gasteiger partial charge in [-0.3, -0.25) is 9.59 Å². The Morgan fingerprint density at radius 1 is 1.21 bits per heavy atom. The van der Waals surface area contributed by atoms with Crippen LogP contribution in [0.1, 0.15) is 35.3 Å². The molecule has 2 aromatic rings. The van der Waals surface area contributed by atoms with Crippen molar-refractivity contribution >= 4 is 11.9 Å². The number of carbonyl (C=O) groups is 2. The van der Waals surface area contributed by atoms with Gasteiger partial charge < -0.3 is 10.0 Å². The topological polar surface area (TPSA) is 75.4 Å². The summed E-state index contributed by atoms with van der Waals surface area (Å²) in [7, 11) is 0. The van der Waals surface area contributed by atoms with E-state index in [1.54, 1.807) is 18.2 Å². The van der Waals surface area contributed by atoms with Crippen molar-refractivity contribution in [1.82, 2.24) is 14.7 Å². The molecule has 1 aromatic carbocycles. The molecule has 28 heavy (non-hydrogen) atoms. The summed E-state index contributed by atoms with van der Waals surface area (Å²) < 4.78 is 42.1. The molecular formula is C19H18F3N3O3. The first-order valence-corrected chi connectivity index (χ1v) is 8.97. The standard InChI is InChI=1S/C19H18F3N3O3/c20-19(21,22)15-14(9-23-25(15)13-6-2-1-3-7-13)16(26)24-10-12-5-4-8-18(12,11-24)17(27)28/h1-3,6-7,9,12H,4-5,8,10-11H2,(H,27,28)/t12-,18+/m0/s1. The Balaban J connectivity index is 1.71. The van der Waals surface area contributed by atoms with E-state index < -0.39 is 34.7 Å². The van der Waals surface area contributed by atoms with Gasteiger partial charge in [0, 0.05) is 13.1 Å². The maximum atomic E-state index is 13.8. The first kappa shape index (κ1) is 18.5. The fourth-order valence-electron chi connectivity index (χ4n) is 4.51. The molecule has 1 aromatic heterocycles. The van der Waals surface area contributed by atoms with Gasteiger partial charge in [0.1, 0.15) is 0 Å². The molecule has 4 rings (SSSR count). The number of carbonyl (C=O) groups excluding carboxylic acids is 1. The number of nitrogens with zero attached hydrogens (tertiary/aromatic N) is 3. The maximum absolute atomic E-state index is 13.8. The lowest BCUT2D eigenvalue weighted by atomic mass is 9.81. The molecule has 1 aliphatic heterocycles. The van der Waals surface area contributed by atoms with Crippen molar-refractivity contribution in [2.24, 2.45) is 11.3 Å². The van der Waals surface area contributed by atoms with E-state index in [0.717, 1.165) is 12.6 Å². The van der Waals surface area contributed by atoms with Gasteiger partial charge in [-0.2, -0.15) is 18.3 Å². The Kier molecular flexibility index (Phi) is 4.20. The van der Waals surface area contributed by atoms with Gasteiger partial charge >= 0.3 is 12.1 Å². The number of likely N-dealkylation sites (tertiary alicyclic amines) is 1. The molecule has 2 aliphatic rings. The number of carboxylic acids is 1.